The van der Waals surface area contributed by atoms with Crippen LogP contribution in [-0.4, -0.2) is 9.97 Å². The molecule has 0 saturated heterocycles. The van der Waals surface area contributed by atoms with Crippen LogP contribution >= 0.6 is 11.3 Å². The predicted molar refractivity (Wildman–Crippen MR) is 158 cm³/mol. The van der Waals surface area contributed by atoms with Crippen LogP contribution in [0.3, 0.4) is 0 Å². The lowest BCUT2D eigenvalue weighted by molar-refractivity contribution is 0.634. The zero-order chi connectivity index (χ0) is 24.8. The first-order valence-electron chi connectivity index (χ1n) is 12.7. The number of hydrogen-bond donors (Lipinski definition) is 0. The van der Waals surface area contributed by atoms with E-state index in [1.54, 1.807) is 11.3 Å². The van der Waals surface area contributed by atoms with Gasteiger partial charge in [0.25, 0.3) is 0 Å². The Hall–Kier alpha value is -4.80. The fourth-order valence-electron chi connectivity index (χ4n) is 6.00. The first-order valence-corrected chi connectivity index (χ1v) is 13.5. The molecule has 0 unspecified atom stereocenters. The van der Waals surface area contributed by atoms with Crippen molar-refractivity contribution in [3.05, 3.63) is 109 Å². The zero-order valence-electron chi connectivity index (χ0n) is 20.1. The summed E-state index contributed by atoms with van der Waals surface area (Å²) in [5, 5.41) is 4.68. The normalized spacial score (nSPS) is 12.2. The molecule has 0 bridgehead atoms. The summed E-state index contributed by atoms with van der Waals surface area (Å²) < 4.78 is 8.72. The minimum absolute atomic E-state index is 0.747. The lowest BCUT2D eigenvalue weighted by Gasteiger charge is -2.11. The molecule has 0 radical (unpaired) electrons. The van der Waals surface area contributed by atoms with Gasteiger partial charge in [0.05, 0.1) is 15.9 Å². The molecule has 0 spiro atoms. The van der Waals surface area contributed by atoms with Crippen molar-refractivity contribution in [1.82, 2.24) is 9.97 Å². The predicted octanol–water partition coefficient (Wildman–Crippen LogP) is 9.73. The van der Waals surface area contributed by atoms with E-state index in [0.29, 0.717) is 0 Å². The van der Waals surface area contributed by atoms with Crippen LogP contribution in [0.15, 0.2) is 114 Å². The summed E-state index contributed by atoms with van der Waals surface area (Å²) in [6.45, 7) is 0. The number of thiophene rings is 1. The Morgan fingerprint density at radius 2 is 1.34 bits per heavy atom. The summed E-state index contributed by atoms with van der Waals surface area (Å²) in [5.41, 5.74) is 8.58. The van der Waals surface area contributed by atoms with Crippen molar-refractivity contribution in [1.29, 1.82) is 0 Å². The van der Waals surface area contributed by atoms with Gasteiger partial charge in [0, 0.05) is 43.1 Å². The molecule has 5 aromatic carbocycles. The lowest BCUT2D eigenvalue weighted by atomic mass is 9.97. The van der Waals surface area contributed by atoms with E-state index in [1.165, 1.54) is 26.6 Å². The molecular weight excluding hydrogens is 484 g/mol. The second-order valence-electron chi connectivity index (χ2n) is 9.73. The van der Waals surface area contributed by atoms with E-state index in [-0.39, 0.29) is 0 Å². The smallest absolute Gasteiger partial charge is 0.161 e. The van der Waals surface area contributed by atoms with Gasteiger partial charge in [-0.3, -0.25) is 0 Å². The van der Waals surface area contributed by atoms with Crippen molar-refractivity contribution in [3.63, 3.8) is 0 Å². The minimum atomic E-state index is 0.747. The highest BCUT2D eigenvalue weighted by Crippen LogP contribution is 2.53. The zero-order valence-corrected chi connectivity index (χ0v) is 20.9. The molecule has 0 amide bonds. The fourth-order valence-corrected chi connectivity index (χ4v) is 7.16. The highest BCUT2D eigenvalue weighted by atomic mass is 32.1. The molecule has 0 fully saturated rings. The van der Waals surface area contributed by atoms with Crippen LogP contribution in [0.25, 0.3) is 87.1 Å². The topological polar surface area (TPSA) is 38.9 Å². The number of fused-ring (bicyclic) bond motifs is 8. The third-order valence-corrected chi connectivity index (χ3v) is 8.82. The van der Waals surface area contributed by atoms with Gasteiger partial charge < -0.3 is 4.42 Å². The number of aromatic nitrogens is 2. The van der Waals surface area contributed by atoms with Gasteiger partial charge in [-0.05, 0) is 35.2 Å². The number of rotatable bonds is 2. The second-order valence-corrected chi connectivity index (χ2v) is 10.8. The Labute approximate surface area is 221 Å². The average Bonchev–Trinajstić information content (AvgIpc) is 3.64. The molecule has 38 heavy (non-hydrogen) atoms. The van der Waals surface area contributed by atoms with Crippen LogP contribution < -0.4 is 0 Å². The van der Waals surface area contributed by atoms with Gasteiger partial charge in [0.1, 0.15) is 11.3 Å². The van der Waals surface area contributed by atoms with Gasteiger partial charge in [-0.2, -0.15) is 0 Å². The van der Waals surface area contributed by atoms with Crippen molar-refractivity contribution in [3.8, 4) is 45.1 Å². The van der Waals surface area contributed by atoms with Crippen molar-refractivity contribution >= 4 is 53.4 Å². The number of hydrogen-bond acceptors (Lipinski definition) is 4. The molecular formula is C34H18N2OS. The molecule has 1 aliphatic rings. The van der Waals surface area contributed by atoms with Crippen molar-refractivity contribution in [2.45, 2.75) is 0 Å². The Balaban J connectivity index is 1.36. The van der Waals surface area contributed by atoms with Crippen LogP contribution in [0.2, 0.25) is 0 Å². The number of para-hydroxylation sites is 1. The second kappa shape index (κ2) is 7.37. The summed E-state index contributed by atoms with van der Waals surface area (Å²) in [6.07, 6.45) is 0. The van der Waals surface area contributed by atoms with Crippen LogP contribution in [0, 0.1) is 0 Å². The summed E-state index contributed by atoms with van der Waals surface area (Å²) in [5.74, 6) is 1.70. The lowest BCUT2D eigenvalue weighted by Crippen LogP contribution is -1.94. The SMILES string of the molecule is c1ccc(-c2nc(-c3ccc4c5c(cccc35)-c3c-4oc4ccccc34)nc3c2sc2ccccc23)cc1. The maximum absolute atomic E-state index is 6.37. The Morgan fingerprint density at radius 1 is 0.579 bits per heavy atom. The molecule has 3 nitrogen and oxygen atoms in total. The van der Waals surface area contributed by atoms with Crippen LogP contribution in [0.5, 0.6) is 0 Å². The van der Waals surface area contributed by atoms with Crippen LogP contribution in [0.4, 0.5) is 0 Å². The molecule has 0 N–H and O–H groups in total. The molecule has 176 valence electrons. The van der Waals surface area contributed by atoms with E-state index in [1.807, 2.05) is 18.2 Å². The quantitative estimate of drug-likeness (QED) is 0.236. The van der Waals surface area contributed by atoms with Gasteiger partial charge in [0.2, 0.25) is 0 Å². The average molecular weight is 503 g/mol. The first kappa shape index (κ1) is 20.3. The van der Waals surface area contributed by atoms with Crippen molar-refractivity contribution in [2.75, 3.05) is 0 Å². The highest BCUT2D eigenvalue weighted by Gasteiger charge is 2.29. The van der Waals surface area contributed by atoms with E-state index in [4.69, 9.17) is 14.4 Å². The highest BCUT2D eigenvalue weighted by molar-refractivity contribution is 7.26. The van der Waals surface area contributed by atoms with Gasteiger partial charge in [-0.1, -0.05) is 84.9 Å². The summed E-state index contributed by atoms with van der Waals surface area (Å²) in [4.78, 5) is 10.4. The Bertz CT molecular complexity index is 2240. The summed E-state index contributed by atoms with van der Waals surface area (Å²) in [6, 6.07) is 38.1. The third kappa shape index (κ3) is 2.62. The van der Waals surface area contributed by atoms with E-state index in [2.05, 4.69) is 91.0 Å². The van der Waals surface area contributed by atoms with Crippen LogP contribution in [-0.2, 0) is 0 Å². The molecule has 9 rings (SSSR count). The molecule has 1 aliphatic carbocycles. The minimum Gasteiger partial charge on any atom is -0.455 e. The van der Waals surface area contributed by atoms with Gasteiger partial charge in [-0.25, -0.2) is 9.97 Å². The molecule has 8 aromatic rings. The van der Waals surface area contributed by atoms with Crippen molar-refractivity contribution in [2.24, 2.45) is 0 Å². The Kier molecular flexibility index (Phi) is 3.93. The monoisotopic (exact) mass is 502 g/mol. The Morgan fingerprint density at radius 3 is 2.26 bits per heavy atom. The fraction of sp³-hybridized carbons (Fsp3) is 0. The van der Waals surface area contributed by atoms with E-state index >= 15 is 0 Å². The molecule has 0 aliphatic heterocycles. The third-order valence-electron chi connectivity index (χ3n) is 7.66. The maximum Gasteiger partial charge on any atom is 0.161 e. The van der Waals surface area contributed by atoms with Gasteiger partial charge in [0.15, 0.2) is 5.82 Å². The molecule has 4 heteroatoms. The molecule has 0 saturated carbocycles. The number of nitrogens with zero attached hydrogens (tertiary/aromatic N) is 2. The summed E-state index contributed by atoms with van der Waals surface area (Å²) in [7, 11) is 0. The first-order chi connectivity index (χ1) is 18.8. The van der Waals surface area contributed by atoms with Crippen molar-refractivity contribution < 1.29 is 4.42 Å². The number of benzene rings is 5. The number of furan rings is 1. The largest absolute Gasteiger partial charge is 0.455 e. The van der Waals surface area contributed by atoms with Gasteiger partial charge in [-0.15, -0.1) is 11.3 Å². The van der Waals surface area contributed by atoms with Crippen LogP contribution in [0.1, 0.15) is 0 Å². The summed E-state index contributed by atoms with van der Waals surface area (Å²) >= 11 is 1.76. The van der Waals surface area contributed by atoms with E-state index < -0.39 is 0 Å². The van der Waals surface area contributed by atoms with E-state index in [0.717, 1.165) is 60.5 Å². The maximum atomic E-state index is 6.37. The molecule has 0 atom stereocenters. The molecule has 3 aromatic heterocycles. The van der Waals surface area contributed by atoms with E-state index in [9.17, 15) is 0 Å². The standard InChI is InChI=1S/C34H18N2OS/c1-2-9-19(10-3-1)30-33-31(23-12-5-7-16-27(23)38-33)36-34(35-30)21-17-18-25-28-20(21)13-8-14-24(28)29-22-11-4-6-15-26(22)37-32(25)29/h1-18H. The van der Waals surface area contributed by atoms with Gasteiger partial charge >= 0.3 is 0 Å². The molecule has 3 heterocycles.